The normalized spacial score (nSPS) is 16.4. The van der Waals surface area contributed by atoms with Gasteiger partial charge in [-0.3, -0.25) is 4.79 Å². The van der Waals surface area contributed by atoms with Crippen molar-refractivity contribution in [2.75, 3.05) is 12.4 Å². The van der Waals surface area contributed by atoms with E-state index in [1.165, 1.54) is 0 Å². The minimum atomic E-state index is -0.532. The molecule has 0 saturated carbocycles. The molecule has 2 aromatic rings. The number of benzene rings is 2. The first-order valence-electron chi connectivity index (χ1n) is 8.08. The molecule has 1 amide bonds. The second-order valence-electron chi connectivity index (χ2n) is 5.90. The molecule has 1 unspecified atom stereocenters. The second-order valence-corrected chi connectivity index (χ2v) is 7.09. The molecule has 5 nitrogen and oxygen atoms in total. The summed E-state index contributed by atoms with van der Waals surface area (Å²) in [7, 11) is 1.57. The maximum absolute atomic E-state index is 13.1. The molecule has 0 spiro atoms. The maximum atomic E-state index is 13.1. The van der Waals surface area contributed by atoms with Gasteiger partial charge in [0, 0.05) is 17.5 Å². The summed E-state index contributed by atoms with van der Waals surface area (Å²) in [5, 5.41) is 10.2. The van der Waals surface area contributed by atoms with Crippen molar-refractivity contribution < 1.29 is 9.53 Å². The van der Waals surface area contributed by atoms with Crippen molar-refractivity contribution in [1.29, 1.82) is 0 Å². The number of methoxy groups -OCH3 is 1. The highest BCUT2D eigenvalue weighted by Crippen LogP contribution is 2.35. The van der Waals surface area contributed by atoms with Crippen molar-refractivity contribution in [3.05, 3.63) is 69.3 Å². The topological polar surface area (TPSA) is 62.4 Å². The zero-order valence-electron chi connectivity index (χ0n) is 14.6. The third-order valence-electron chi connectivity index (χ3n) is 4.13. The molecule has 0 aliphatic carbocycles. The van der Waals surface area contributed by atoms with E-state index in [0.29, 0.717) is 43.4 Å². The number of thiocarbonyl (C=S) groups is 1. The van der Waals surface area contributed by atoms with Gasteiger partial charge in [-0.15, -0.1) is 0 Å². The van der Waals surface area contributed by atoms with Crippen LogP contribution in [0.2, 0.25) is 10.0 Å². The lowest BCUT2D eigenvalue weighted by atomic mass is 9.95. The van der Waals surface area contributed by atoms with Crippen molar-refractivity contribution in [2.45, 2.75) is 13.0 Å². The highest BCUT2D eigenvalue weighted by Gasteiger charge is 2.31. The SMILES string of the molecule is COc1cccc(NC(=O)C2=C(C)NC(=S)NC2c2cccc(Cl)c2Cl)c1. The van der Waals surface area contributed by atoms with Crippen LogP contribution in [0.3, 0.4) is 0 Å². The Labute approximate surface area is 172 Å². The zero-order valence-corrected chi connectivity index (χ0v) is 16.9. The molecule has 8 heteroatoms. The Kier molecular flexibility index (Phi) is 5.89. The van der Waals surface area contributed by atoms with Gasteiger partial charge in [0.05, 0.1) is 28.8 Å². The van der Waals surface area contributed by atoms with Crippen LogP contribution >= 0.6 is 35.4 Å². The molecule has 1 atom stereocenters. The molecular weight excluding hydrogens is 405 g/mol. The van der Waals surface area contributed by atoms with E-state index in [1.807, 2.05) is 6.07 Å². The van der Waals surface area contributed by atoms with Gasteiger partial charge < -0.3 is 20.7 Å². The number of hydrogen-bond donors (Lipinski definition) is 3. The predicted molar refractivity (Wildman–Crippen MR) is 112 cm³/mol. The number of halogens is 2. The van der Waals surface area contributed by atoms with Crippen LogP contribution in [-0.2, 0) is 4.79 Å². The van der Waals surface area contributed by atoms with E-state index in [1.54, 1.807) is 50.4 Å². The standard InChI is InChI=1S/C19H17Cl2N3O2S/c1-10-15(18(25)23-11-5-3-6-12(9-11)26-2)17(24-19(27)22-10)13-7-4-8-14(20)16(13)21/h3-9,17H,1-2H3,(H,23,25)(H2,22,24,27). The van der Waals surface area contributed by atoms with E-state index in [2.05, 4.69) is 16.0 Å². The third kappa shape index (κ3) is 4.18. The van der Waals surface area contributed by atoms with Gasteiger partial charge in [-0.1, -0.05) is 41.4 Å². The van der Waals surface area contributed by atoms with E-state index < -0.39 is 6.04 Å². The van der Waals surface area contributed by atoms with Crippen molar-refractivity contribution in [2.24, 2.45) is 0 Å². The fourth-order valence-corrected chi connectivity index (χ4v) is 3.56. The van der Waals surface area contributed by atoms with E-state index in [-0.39, 0.29) is 5.91 Å². The van der Waals surface area contributed by atoms with Crippen LogP contribution < -0.4 is 20.7 Å². The molecule has 0 saturated heterocycles. The Hall–Kier alpha value is -2.28. The Balaban J connectivity index is 1.98. The van der Waals surface area contributed by atoms with Gasteiger partial charge in [-0.2, -0.15) is 0 Å². The molecule has 1 heterocycles. The summed E-state index contributed by atoms with van der Waals surface area (Å²) in [6, 6.07) is 11.9. The smallest absolute Gasteiger partial charge is 0.255 e. The van der Waals surface area contributed by atoms with E-state index in [4.69, 9.17) is 40.2 Å². The molecule has 2 aromatic carbocycles. The van der Waals surface area contributed by atoms with Gasteiger partial charge in [0.2, 0.25) is 0 Å². The number of nitrogens with one attached hydrogen (secondary N) is 3. The summed E-state index contributed by atoms with van der Waals surface area (Å²) >= 11 is 17.8. The molecule has 0 bridgehead atoms. The second kappa shape index (κ2) is 8.17. The van der Waals surface area contributed by atoms with Crippen molar-refractivity contribution in [3.63, 3.8) is 0 Å². The highest BCUT2D eigenvalue weighted by molar-refractivity contribution is 7.80. The first kappa shape index (κ1) is 19.5. The molecule has 27 heavy (non-hydrogen) atoms. The molecule has 0 radical (unpaired) electrons. The van der Waals surface area contributed by atoms with Gasteiger partial charge >= 0.3 is 0 Å². The molecule has 1 aliphatic heterocycles. The fourth-order valence-electron chi connectivity index (χ4n) is 2.87. The molecule has 3 rings (SSSR count). The number of carbonyl (C=O) groups excluding carboxylic acids is 1. The third-order valence-corrected chi connectivity index (χ3v) is 5.19. The Morgan fingerprint density at radius 1 is 1.22 bits per heavy atom. The fraction of sp³-hybridized carbons (Fsp3) is 0.158. The summed E-state index contributed by atoms with van der Waals surface area (Å²) < 4.78 is 5.20. The Morgan fingerprint density at radius 2 is 1.96 bits per heavy atom. The number of ether oxygens (including phenoxy) is 1. The molecule has 1 aliphatic rings. The molecule has 3 N–H and O–H groups in total. The zero-order chi connectivity index (χ0) is 19.6. The van der Waals surface area contributed by atoms with Crippen LogP contribution in [0, 0.1) is 0 Å². The molecule has 0 fully saturated rings. The summed E-state index contributed by atoms with van der Waals surface area (Å²) in [5.74, 6) is 0.360. The lowest BCUT2D eigenvalue weighted by Gasteiger charge is -2.31. The van der Waals surface area contributed by atoms with E-state index in [9.17, 15) is 4.79 Å². The summed E-state index contributed by atoms with van der Waals surface area (Å²) in [6.45, 7) is 1.79. The largest absolute Gasteiger partial charge is 0.497 e. The van der Waals surface area contributed by atoms with Crippen molar-refractivity contribution in [1.82, 2.24) is 10.6 Å². The van der Waals surface area contributed by atoms with Crippen LogP contribution in [0.1, 0.15) is 18.5 Å². The van der Waals surface area contributed by atoms with Gasteiger partial charge in [0.1, 0.15) is 5.75 Å². The number of amides is 1. The van der Waals surface area contributed by atoms with Gasteiger partial charge in [-0.25, -0.2) is 0 Å². The number of carbonyl (C=O) groups is 1. The summed E-state index contributed by atoms with van der Waals surface area (Å²) in [4.78, 5) is 13.1. The minimum absolute atomic E-state index is 0.288. The number of anilines is 1. The maximum Gasteiger partial charge on any atom is 0.255 e. The molecular formula is C19H17Cl2N3O2S. The number of allylic oxidation sites excluding steroid dienone is 1. The van der Waals surface area contributed by atoms with Gasteiger partial charge in [0.25, 0.3) is 5.91 Å². The predicted octanol–water partition coefficient (Wildman–Crippen LogP) is 4.43. The average molecular weight is 422 g/mol. The average Bonchev–Trinajstić information content (AvgIpc) is 2.63. The van der Waals surface area contributed by atoms with Crippen LogP contribution in [0.15, 0.2) is 53.7 Å². The Bertz CT molecular complexity index is 946. The van der Waals surface area contributed by atoms with E-state index >= 15 is 0 Å². The minimum Gasteiger partial charge on any atom is -0.497 e. The van der Waals surface area contributed by atoms with Crippen LogP contribution in [0.4, 0.5) is 5.69 Å². The monoisotopic (exact) mass is 421 g/mol. The first-order valence-corrected chi connectivity index (χ1v) is 9.24. The van der Waals surface area contributed by atoms with Crippen LogP contribution in [0.25, 0.3) is 0 Å². The van der Waals surface area contributed by atoms with Crippen LogP contribution in [-0.4, -0.2) is 18.1 Å². The lowest BCUT2D eigenvalue weighted by molar-refractivity contribution is -0.113. The van der Waals surface area contributed by atoms with Gasteiger partial charge in [-0.05, 0) is 42.9 Å². The van der Waals surface area contributed by atoms with Gasteiger partial charge in [0.15, 0.2) is 5.11 Å². The first-order chi connectivity index (χ1) is 12.9. The molecule has 140 valence electrons. The van der Waals surface area contributed by atoms with Crippen molar-refractivity contribution >= 4 is 52.1 Å². The van der Waals surface area contributed by atoms with Crippen LogP contribution in [0.5, 0.6) is 5.75 Å². The molecule has 0 aromatic heterocycles. The van der Waals surface area contributed by atoms with Crippen molar-refractivity contribution in [3.8, 4) is 5.75 Å². The lowest BCUT2D eigenvalue weighted by Crippen LogP contribution is -2.45. The summed E-state index contributed by atoms with van der Waals surface area (Å²) in [5.41, 5.74) is 2.39. The number of rotatable bonds is 4. The number of hydrogen-bond acceptors (Lipinski definition) is 3. The quantitative estimate of drug-likeness (QED) is 0.637. The summed E-state index contributed by atoms with van der Waals surface area (Å²) in [6.07, 6.45) is 0. The highest BCUT2D eigenvalue weighted by atomic mass is 35.5. The Morgan fingerprint density at radius 3 is 2.70 bits per heavy atom. The van der Waals surface area contributed by atoms with E-state index in [0.717, 1.165) is 0 Å².